The van der Waals surface area contributed by atoms with Crippen LogP contribution in [0.1, 0.15) is 17.3 Å². The molecule has 4 nitrogen and oxygen atoms in total. The molecule has 1 aromatic heterocycles. The summed E-state index contributed by atoms with van der Waals surface area (Å²) in [7, 11) is 0. The molecule has 1 heterocycles. The lowest BCUT2D eigenvalue weighted by Gasteiger charge is -2.12. The number of hydrogen-bond acceptors (Lipinski definition) is 4. The molecule has 0 radical (unpaired) electrons. The van der Waals surface area contributed by atoms with E-state index < -0.39 is 0 Å². The van der Waals surface area contributed by atoms with Gasteiger partial charge in [-0.25, -0.2) is 0 Å². The highest BCUT2D eigenvalue weighted by Crippen LogP contribution is 2.26. The van der Waals surface area contributed by atoms with E-state index >= 15 is 0 Å². The minimum atomic E-state index is 0.0550. The van der Waals surface area contributed by atoms with Crippen molar-refractivity contribution in [3.8, 4) is 11.3 Å². The Morgan fingerprint density at radius 1 is 0.920 bits per heavy atom. The van der Waals surface area contributed by atoms with Crippen molar-refractivity contribution >= 4 is 17.2 Å². The molecule has 3 aromatic rings. The molecule has 2 aromatic carbocycles. The monoisotopic (exact) mass is 331 g/mol. The van der Waals surface area contributed by atoms with Gasteiger partial charge in [-0.05, 0) is 37.3 Å². The number of para-hydroxylation sites is 1. The van der Waals surface area contributed by atoms with E-state index in [-0.39, 0.29) is 5.78 Å². The molecule has 0 bridgehead atoms. The van der Waals surface area contributed by atoms with Gasteiger partial charge in [0.2, 0.25) is 0 Å². The Hall–Kier alpha value is -3.14. The lowest BCUT2D eigenvalue weighted by Crippen LogP contribution is -2.14. The molecular weight excluding hydrogens is 310 g/mol. The molecule has 2 N–H and O–H groups in total. The number of ketones is 1. The van der Waals surface area contributed by atoms with Gasteiger partial charge < -0.3 is 10.6 Å². The first-order valence-corrected chi connectivity index (χ1v) is 8.33. The average molecular weight is 331 g/mol. The number of rotatable bonds is 7. The van der Waals surface area contributed by atoms with E-state index in [1.165, 1.54) is 0 Å². The number of aromatic nitrogens is 1. The summed E-state index contributed by atoms with van der Waals surface area (Å²) in [6.07, 6.45) is 1.77. The van der Waals surface area contributed by atoms with Gasteiger partial charge in [0.05, 0.1) is 11.4 Å². The SMILES string of the molecule is CC(=O)c1cccc(-c2ncccc2NCCNc2ccccc2)c1. The maximum atomic E-state index is 11.6. The highest BCUT2D eigenvalue weighted by Gasteiger charge is 2.08. The summed E-state index contributed by atoms with van der Waals surface area (Å²) in [5, 5.41) is 6.79. The van der Waals surface area contributed by atoms with Crippen LogP contribution >= 0.6 is 0 Å². The van der Waals surface area contributed by atoms with E-state index in [9.17, 15) is 4.79 Å². The van der Waals surface area contributed by atoms with E-state index in [0.717, 1.165) is 35.7 Å². The lowest BCUT2D eigenvalue weighted by molar-refractivity contribution is 0.101. The summed E-state index contributed by atoms with van der Waals surface area (Å²) in [5.74, 6) is 0.0550. The standard InChI is InChI=1S/C21H21N3O/c1-16(25)17-7-5-8-18(15-17)21-20(11-6-12-24-21)23-14-13-22-19-9-3-2-4-10-19/h2-12,15,22-23H,13-14H2,1H3. The second-order valence-electron chi connectivity index (χ2n) is 5.76. The molecule has 0 aliphatic carbocycles. The van der Waals surface area contributed by atoms with Crippen molar-refractivity contribution in [1.29, 1.82) is 0 Å². The number of carbonyl (C=O) groups excluding carboxylic acids is 1. The highest BCUT2D eigenvalue weighted by atomic mass is 16.1. The fourth-order valence-electron chi connectivity index (χ4n) is 2.62. The lowest BCUT2D eigenvalue weighted by atomic mass is 10.0. The third-order valence-electron chi connectivity index (χ3n) is 3.89. The smallest absolute Gasteiger partial charge is 0.159 e. The molecule has 0 spiro atoms. The first-order valence-electron chi connectivity index (χ1n) is 8.33. The molecule has 0 aliphatic heterocycles. The second-order valence-corrected chi connectivity index (χ2v) is 5.76. The molecule has 0 atom stereocenters. The van der Waals surface area contributed by atoms with Crippen molar-refractivity contribution in [2.24, 2.45) is 0 Å². The van der Waals surface area contributed by atoms with E-state index in [4.69, 9.17) is 0 Å². The zero-order chi connectivity index (χ0) is 17.5. The van der Waals surface area contributed by atoms with Crippen molar-refractivity contribution in [3.63, 3.8) is 0 Å². The summed E-state index contributed by atoms with van der Waals surface area (Å²) >= 11 is 0. The van der Waals surface area contributed by atoms with E-state index in [1.807, 2.05) is 66.7 Å². The number of hydrogen-bond donors (Lipinski definition) is 2. The van der Waals surface area contributed by atoms with Crippen molar-refractivity contribution < 1.29 is 4.79 Å². The molecular formula is C21H21N3O. The Labute approximate surface area is 147 Å². The van der Waals surface area contributed by atoms with Gasteiger partial charge in [-0.3, -0.25) is 9.78 Å². The van der Waals surface area contributed by atoms with Crippen LogP contribution < -0.4 is 10.6 Å². The number of carbonyl (C=O) groups is 1. The number of anilines is 2. The number of nitrogens with zero attached hydrogens (tertiary/aromatic N) is 1. The van der Waals surface area contributed by atoms with Gasteiger partial charge in [0.25, 0.3) is 0 Å². The van der Waals surface area contributed by atoms with Crippen molar-refractivity contribution in [1.82, 2.24) is 4.98 Å². The van der Waals surface area contributed by atoms with Crippen LogP contribution in [0.15, 0.2) is 72.9 Å². The molecule has 126 valence electrons. The number of nitrogens with one attached hydrogen (secondary N) is 2. The van der Waals surface area contributed by atoms with Crippen LogP contribution in [0.5, 0.6) is 0 Å². The number of benzene rings is 2. The summed E-state index contributed by atoms with van der Waals surface area (Å²) in [6, 6.07) is 21.6. The number of Topliss-reactive ketones (excluding diaryl/α,β-unsaturated/α-hetero) is 1. The molecule has 0 amide bonds. The average Bonchev–Trinajstić information content (AvgIpc) is 2.66. The van der Waals surface area contributed by atoms with Gasteiger partial charge in [0.1, 0.15) is 0 Å². The largest absolute Gasteiger partial charge is 0.383 e. The molecule has 4 heteroatoms. The minimum absolute atomic E-state index is 0.0550. The van der Waals surface area contributed by atoms with E-state index in [2.05, 4.69) is 15.6 Å². The van der Waals surface area contributed by atoms with E-state index in [1.54, 1.807) is 13.1 Å². The summed E-state index contributed by atoms with van der Waals surface area (Å²) < 4.78 is 0. The Bertz CT molecular complexity index is 847. The van der Waals surface area contributed by atoms with Crippen LogP contribution in [0.25, 0.3) is 11.3 Å². The first kappa shape index (κ1) is 16.7. The topological polar surface area (TPSA) is 54.0 Å². The Morgan fingerprint density at radius 3 is 2.52 bits per heavy atom. The summed E-state index contributed by atoms with van der Waals surface area (Å²) in [4.78, 5) is 16.1. The molecule has 3 rings (SSSR count). The molecule has 0 unspecified atom stereocenters. The third-order valence-corrected chi connectivity index (χ3v) is 3.89. The predicted molar refractivity (Wildman–Crippen MR) is 103 cm³/mol. The minimum Gasteiger partial charge on any atom is -0.383 e. The maximum absolute atomic E-state index is 11.6. The first-order chi connectivity index (χ1) is 12.2. The molecule has 0 fully saturated rings. The van der Waals surface area contributed by atoms with E-state index in [0.29, 0.717) is 5.56 Å². The Kier molecular flexibility index (Phi) is 5.42. The van der Waals surface area contributed by atoms with Crippen LogP contribution in [-0.2, 0) is 0 Å². The normalized spacial score (nSPS) is 10.3. The Balaban J connectivity index is 1.69. The van der Waals surface area contributed by atoms with Crippen molar-refractivity contribution in [2.45, 2.75) is 6.92 Å². The van der Waals surface area contributed by atoms with Crippen LogP contribution in [0.3, 0.4) is 0 Å². The Morgan fingerprint density at radius 2 is 1.72 bits per heavy atom. The van der Waals surface area contributed by atoms with Gasteiger partial charge in [0.15, 0.2) is 5.78 Å². The molecule has 0 saturated heterocycles. The van der Waals surface area contributed by atoms with Gasteiger partial charge >= 0.3 is 0 Å². The molecule has 0 saturated carbocycles. The van der Waals surface area contributed by atoms with Gasteiger partial charge in [-0.15, -0.1) is 0 Å². The van der Waals surface area contributed by atoms with Crippen LogP contribution in [0.2, 0.25) is 0 Å². The zero-order valence-electron chi connectivity index (χ0n) is 14.2. The van der Waals surface area contributed by atoms with Gasteiger partial charge in [-0.1, -0.05) is 36.4 Å². The second kappa shape index (κ2) is 8.11. The predicted octanol–water partition coefficient (Wildman–Crippen LogP) is 4.48. The van der Waals surface area contributed by atoms with Crippen LogP contribution in [-0.4, -0.2) is 23.9 Å². The van der Waals surface area contributed by atoms with Crippen LogP contribution in [0.4, 0.5) is 11.4 Å². The quantitative estimate of drug-likeness (QED) is 0.495. The highest BCUT2D eigenvalue weighted by molar-refractivity contribution is 5.95. The summed E-state index contributed by atoms with van der Waals surface area (Å²) in [5.41, 5.74) is 4.54. The molecule has 25 heavy (non-hydrogen) atoms. The summed E-state index contributed by atoms with van der Waals surface area (Å²) in [6.45, 7) is 3.14. The van der Waals surface area contributed by atoms with Crippen molar-refractivity contribution in [3.05, 3.63) is 78.5 Å². The fraction of sp³-hybridized carbons (Fsp3) is 0.143. The maximum Gasteiger partial charge on any atom is 0.159 e. The van der Waals surface area contributed by atoms with Gasteiger partial charge in [0, 0.05) is 36.1 Å². The van der Waals surface area contributed by atoms with Crippen LogP contribution in [0, 0.1) is 0 Å². The third kappa shape index (κ3) is 4.44. The zero-order valence-corrected chi connectivity index (χ0v) is 14.2. The van der Waals surface area contributed by atoms with Gasteiger partial charge in [-0.2, -0.15) is 0 Å². The van der Waals surface area contributed by atoms with Crippen molar-refractivity contribution in [2.75, 3.05) is 23.7 Å². The number of pyridine rings is 1. The molecule has 0 aliphatic rings. The fourth-order valence-corrected chi connectivity index (χ4v) is 2.62.